The Kier molecular flexibility index (Phi) is 3.12. The Bertz CT molecular complexity index is 693. The standard InChI is InChI=1S/C20H24N2O/c23-20-17-8-2-5-14-4-1-6-16(19(14)17)13-22(20)18-9-11-21-10-3-7-15(18)12-21/h2,5-6,8,15,18H,1,3-4,7,9-13H2. The van der Waals surface area contributed by atoms with E-state index >= 15 is 0 Å². The molecule has 2 fully saturated rings. The lowest BCUT2D eigenvalue weighted by molar-refractivity contribution is 0.0266. The number of amides is 1. The third kappa shape index (κ3) is 2.09. The fourth-order valence-electron chi connectivity index (χ4n) is 5.26. The molecule has 23 heavy (non-hydrogen) atoms. The summed E-state index contributed by atoms with van der Waals surface area (Å²) in [6, 6.07) is 6.76. The molecule has 3 heteroatoms. The maximum Gasteiger partial charge on any atom is 0.255 e. The molecule has 1 amide bonds. The Morgan fingerprint density at radius 2 is 2.09 bits per heavy atom. The first kappa shape index (κ1) is 13.8. The molecule has 4 aliphatic rings. The highest BCUT2D eigenvalue weighted by molar-refractivity contribution is 6.04. The minimum absolute atomic E-state index is 0.282. The lowest BCUT2D eigenvalue weighted by Crippen LogP contribution is -2.56. The lowest BCUT2D eigenvalue weighted by Gasteiger charge is -2.48. The summed E-state index contributed by atoms with van der Waals surface area (Å²) in [6.45, 7) is 4.45. The van der Waals surface area contributed by atoms with Crippen LogP contribution in [0.3, 0.4) is 0 Å². The predicted octanol–water partition coefficient (Wildman–Crippen LogP) is 2.96. The summed E-state index contributed by atoms with van der Waals surface area (Å²) in [5.74, 6) is 0.959. The molecule has 120 valence electrons. The molecule has 3 nitrogen and oxygen atoms in total. The quantitative estimate of drug-likeness (QED) is 0.796. The monoisotopic (exact) mass is 308 g/mol. The summed E-state index contributed by atoms with van der Waals surface area (Å²) >= 11 is 0. The number of benzene rings is 1. The number of carbonyl (C=O) groups is 1. The predicted molar refractivity (Wildman–Crippen MR) is 91.3 cm³/mol. The summed E-state index contributed by atoms with van der Waals surface area (Å²) in [6.07, 6.45) is 8.32. The number of hydrogen-bond donors (Lipinski definition) is 0. The third-order valence-corrected chi connectivity index (χ3v) is 6.34. The van der Waals surface area contributed by atoms with Crippen LogP contribution in [0.2, 0.25) is 0 Å². The van der Waals surface area contributed by atoms with E-state index in [4.69, 9.17) is 0 Å². The molecule has 3 aliphatic heterocycles. The van der Waals surface area contributed by atoms with Crippen LogP contribution < -0.4 is 0 Å². The zero-order valence-corrected chi connectivity index (χ0v) is 13.6. The van der Waals surface area contributed by atoms with Crippen molar-refractivity contribution in [3.8, 4) is 0 Å². The minimum Gasteiger partial charge on any atom is -0.331 e. The van der Waals surface area contributed by atoms with Gasteiger partial charge in [-0.15, -0.1) is 0 Å². The smallest absolute Gasteiger partial charge is 0.255 e. The van der Waals surface area contributed by atoms with E-state index in [9.17, 15) is 4.79 Å². The zero-order valence-electron chi connectivity index (χ0n) is 13.6. The van der Waals surface area contributed by atoms with E-state index in [-0.39, 0.29) is 5.91 Å². The molecule has 3 heterocycles. The lowest BCUT2D eigenvalue weighted by atomic mass is 9.80. The minimum atomic E-state index is 0.282. The molecule has 3 unspecified atom stereocenters. The summed E-state index contributed by atoms with van der Waals surface area (Å²) in [4.78, 5) is 18.0. The van der Waals surface area contributed by atoms with Crippen molar-refractivity contribution in [1.29, 1.82) is 0 Å². The molecule has 2 bridgehead atoms. The first-order valence-corrected chi connectivity index (χ1v) is 9.16. The van der Waals surface area contributed by atoms with Gasteiger partial charge in [0, 0.05) is 31.2 Å². The van der Waals surface area contributed by atoms with E-state index in [1.807, 2.05) is 6.07 Å². The molecule has 1 aliphatic carbocycles. The van der Waals surface area contributed by atoms with Gasteiger partial charge in [-0.25, -0.2) is 0 Å². The van der Waals surface area contributed by atoms with Crippen molar-refractivity contribution >= 4 is 11.5 Å². The van der Waals surface area contributed by atoms with Crippen LogP contribution in [0, 0.1) is 5.92 Å². The van der Waals surface area contributed by atoms with Crippen LogP contribution in [0.15, 0.2) is 24.3 Å². The van der Waals surface area contributed by atoms with Crippen molar-refractivity contribution in [2.75, 3.05) is 26.2 Å². The van der Waals surface area contributed by atoms with Crippen molar-refractivity contribution in [2.24, 2.45) is 5.92 Å². The number of carbonyl (C=O) groups excluding carboxylic acids is 1. The third-order valence-electron chi connectivity index (χ3n) is 6.34. The normalized spacial score (nSPS) is 32.3. The van der Waals surface area contributed by atoms with E-state index in [0.717, 1.165) is 37.9 Å². The number of piperidine rings is 2. The second-order valence-electron chi connectivity index (χ2n) is 7.60. The molecule has 5 rings (SSSR count). The molecular weight excluding hydrogens is 284 g/mol. The Labute approximate surface area is 138 Å². The Hall–Kier alpha value is -1.61. The molecule has 0 spiro atoms. The Morgan fingerprint density at radius 3 is 3.04 bits per heavy atom. The molecule has 0 radical (unpaired) electrons. The SMILES string of the molecule is O=C1c2cccc3c2C(=CCC3)CN1C1CCN2CCCC1C2. The molecule has 0 saturated carbocycles. The largest absolute Gasteiger partial charge is 0.331 e. The van der Waals surface area contributed by atoms with Crippen LogP contribution in [-0.2, 0) is 6.42 Å². The van der Waals surface area contributed by atoms with Gasteiger partial charge in [0.05, 0.1) is 0 Å². The topological polar surface area (TPSA) is 23.6 Å². The van der Waals surface area contributed by atoms with Crippen LogP contribution in [0.25, 0.3) is 5.57 Å². The van der Waals surface area contributed by atoms with Crippen LogP contribution in [-0.4, -0.2) is 47.9 Å². The number of hydrogen-bond acceptors (Lipinski definition) is 2. The van der Waals surface area contributed by atoms with Gasteiger partial charge in [0.25, 0.3) is 5.91 Å². The first-order valence-electron chi connectivity index (χ1n) is 9.16. The second kappa shape index (κ2) is 5.20. The van der Waals surface area contributed by atoms with Crippen molar-refractivity contribution in [3.63, 3.8) is 0 Å². The number of allylic oxidation sites excluding steroid dienone is 1. The van der Waals surface area contributed by atoms with E-state index in [1.54, 1.807) is 0 Å². The summed E-state index contributed by atoms with van der Waals surface area (Å²) in [5, 5.41) is 0. The number of rotatable bonds is 1. The fourth-order valence-corrected chi connectivity index (χ4v) is 5.26. The summed E-state index contributed by atoms with van der Waals surface area (Å²) in [5.41, 5.74) is 5.00. The fraction of sp³-hybridized carbons (Fsp3) is 0.550. The highest BCUT2D eigenvalue weighted by Gasteiger charge is 2.40. The summed E-state index contributed by atoms with van der Waals surface area (Å²) < 4.78 is 0. The molecule has 2 saturated heterocycles. The maximum atomic E-state index is 13.2. The highest BCUT2D eigenvalue weighted by Crippen LogP contribution is 2.38. The molecule has 1 aromatic carbocycles. The molecule has 0 N–H and O–H groups in total. The van der Waals surface area contributed by atoms with Gasteiger partial charge < -0.3 is 9.80 Å². The average molecular weight is 308 g/mol. The molecule has 1 aromatic rings. The number of nitrogens with zero attached hydrogens (tertiary/aromatic N) is 2. The van der Waals surface area contributed by atoms with E-state index < -0.39 is 0 Å². The van der Waals surface area contributed by atoms with Crippen LogP contribution in [0.4, 0.5) is 0 Å². The average Bonchev–Trinajstić information content (AvgIpc) is 2.59. The molecule has 0 aromatic heterocycles. The van der Waals surface area contributed by atoms with Crippen molar-refractivity contribution in [3.05, 3.63) is 41.0 Å². The van der Waals surface area contributed by atoms with Crippen molar-refractivity contribution in [2.45, 2.75) is 38.1 Å². The van der Waals surface area contributed by atoms with Crippen LogP contribution in [0.1, 0.15) is 47.2 Å². The van der Waals surface area contributed by atoms with Gasteiger partial charge >= 0.3 is 0 Å². The van der Waals surface area contributed by atoms with Crippen molar-refractivity contribution in [1.82, 2.24) is 9.80 Å². The van der Waals surface area contributed by atoms with Gasteiger partial charge in [0.15, 0.2) is 0 Å². The van der Waals surface area contributed by atoms with Gasteiger partial charge in [-0.05, 0) is 67.3 Å². The van der Waals surface area contributed by atoms with Crippen LogP contribution in [0.5, 0.6) is 0 Å². The first-order chi connectivity index (χ1) is 11.3. The molecule has 3 atom stereocenters. The van der Waals surface area contributed by atoms with Gasteiger partial charge in [-0.2, -0.15) is 0 Å². The van der Waals surface area contributed by atoms with Gasteiger partial charge in [0.1, 0.15) is 0 Å². The van der Waals surface area contributed by atoms with Crippen molar-refractivity contribution < 1.29 is 4.79 Å². The van der Waals surface area contributed by atoms with E-state index in [0.29, 0.717) is 12.0 Å². The Balaban J connectivity index is 1.52. The van der Waals surface area contributed by atoms with Gasteiger partial charge in [-0.1, -0.05) is 18.2 Å². The second-order valence-corrected chi connectivity index (χ2v) is 7.60. The number of aryl methyl sites for hydroxylation is 1. The van der Waals surface area contributed by atoms with Crippen LogP contribution >= 0.6 is 0 Å². The maximum absolute atomic E-state index is 13.2. The zero-order chi connectivity index (χ0) is 15.4. The van der Waals surface area contributed by atoms with Gasteiger partial charge in [-0.3, -0.25) is 4.79 Å². The van der Waals surface area contributed by atoms with E-state index in [1.165, 1.54) is 42.6 Å². The molecular formula is C20H24N2O. The highest BCUT2D eigenvalue weighted by atomic mass is 16.2. The van der Waals surface area contributed by atoms with E-state index in [2.05, 4.69) is 28.0 Å². The number of fused-ring (bicyclic) bond motifs is 2. The summed E-state index contributed by atoms with van der Waals surface area (Å²) in [7, 11) is 0. The Morgan fingerprint density at radius 1 is 1.13 bits per heavy atom. The van der Waals surface area contributed by atoms with Gasteiger partial charge in [0.2, 0.25) is 0 Å².